The molecule has 0 radical (unpaired) electrons. The Bertz CT molecular complexity index is 1100. The van der Waals surface area contributed by atoms with Crippen molar-refractivity contribution in [1.29, 1.82) is 0 Å². The van der Waals surface area contributed by atoms with Crippen LogP contribution in [0.5, 0.6) is 0 Å². The molecule has 1 saturated heterocycles. The van der Waals surface area contributed by atoms with Crippen LogP contribution in [0.4, 0.5) is 5.00 Å². The lowest BCUT2D eigenvalue weighted by Crippen LogP contribution is -2.30. The van der Waals surface area contributed by atoms with Crippen molar-refractivity contribution in [2.24, 2.45) is 5.92 Å². The Morgan fingerprint density at radius 3 is 2.86 bits per heavy atom. The van der Waals surface area contributed by atoms with Crippen LogP contribution in [0.15, 0.2) is 52.8 Å². The topological polar surface area (TPSA) is 71.4 Å². The van der Waals surface area contributed by atoms with Crippen molar-refractivity contribution >= 4 is 51.1 Å². The highest BCUT2D eigenvalue weighted by atomic mass is 35.5. The molecule has 0 saturated carbocycles. The number of pyridine rings is 1. The number of carbonyl (C=O) groups excluding carboxylic acids is 2. The first-order valence-corrected chi connectivity index (χ1v) is 11.1. The van der Waals surface area contributed by atoms with Gasteiger partial charge < -0.3 is 14.8 Å². The van der Waals surface area contributed by atoms with Crippen LogP contribution >= 0.6 is 34.3 Å². The molecule has 150 valence electrons. The quantitative estimate of drug-likeness (QED) is 0.629. The van der Waals surface area contributed by atoms with E-state index in [0.717, 1.165) is 10.6 Å². The molecular weight excluding hydrogens is 430 g/mol. The van der Waals surface area contributed by atoms with Gasteiger partial charge in [0.1, 0.15) is 0 Å². The molecule has 4 heterocycles. The van der Waals surface area contributed by atoms with E-state index < -0.39 is 0 Å². The standard InChI is InChI=1S/C20H18ClN3O3S2/c21-16-5-4-15(29-16)20(27)22-9-13-7-18(26)24(11-13)19-8-14(12-28-19)10-23-6-2-1-3-17(23)25/h1-6,8,12-13H,7,9-11H2,(H,22,27). The molecule has 3 aromatic heterocycles. The van der Waals surface area contributed by atoms with Gasteiger partial charge >= 0.3 is 0 Å². The van der Waals surface area contributed by atoms with E-state index in [1.807, 2.05) is 17.5 Å². The van der Waals surface area contributed by atoms with Crippen LogP contribution < -0.4 is 15.8 Å². The van der Waals surface area contributed by atoms with E-state index in [1.165, 1.54) is 28.7 Å². The lowest BCUT2D eigenvalue weighted by molar-refractivity contribution is -0.117. The number of anilines is 1. The Morgan fingerprint density at radius 1 is 1.24 bits per heavy atom. The summed E-state index contributed by atoms with van der Waals surface area (Å²) in [5.41, 5.74) is 0.928. The monoisotopic (exact) mass is 447 g/mol. The highest BCUT2D eigenvalue weighted by Gasteiger charge is 2.31. The van der Waals surface area contributed by atoms with Gasteiger partial charge in [-0.1, -0.05) is 17.7 Å². The minimum Gasteiger partial charge on any atom is -0.351 e. The summed E-state index contributed by atoms with van der Waals surface area (Å²) in [4.78, 5) is 38.8. The van der Waals surface area contributed by atoms with Crippen LogP contribution in [0, 0.1) is 5.92 Å². The maximum Gasteiger partial charge on any atom is 0.261 e. The van der Waals surface area contributed by atoms with E-state index in [0.29, 0.717) is 35.3 Å². The summed E-state index contributed by atoms with van der Waals surface area (Å²) in [6.07, 6.45) is 2.15. The van der Waals surface area contributed by atoms with Gasteiger partial charge in [-0.2, -0.15) is 0 Å². The van der Waals surface area contributed by atoms with Crippen molar-refractivity contribution in [3.63, 3.8) is 0 Å². The third kappa shape index (κ3) is 4.60. The number of rotatable bonds is 6. The van der Waals surface area contributed by atoms with Gasteiger partial charge in [-0.3, -0.25) is 14.4 Å². The van der Waals surface area contributed by atoms with Crippen LogP contribution in [0.3, 0.4) is 0 Å². The fourth-order valence-electron chi connectivity index (χ4n) is 3.27. The largest absolute Gasteiger partial charge is 0.351 e. The third-order valence-electron chi connectivity index (χ3n) is 4.71. The number of halogens is 1. The Kier molecular flexibility index (Phi) is 5.84. The van der Waals surface area contributed by atoms with Gasteiger partial charge in [-0.05, 0) is 35.2 Å². The zero-order valence-corrected chi connectivity index (χ0v) is 17.7. The maximum absolute atomic E-state index is 12.5. The average molecular weight is 448 g/mol. The molecule has 0 aliphatic carbocycles. The summed E-state index contributed by atoms with van der Waals surface area (Å²) in [5.74, 6) is -0.0580. The van der Waals surface area contributed by atoms with E-state index in [2.05, 4.69) is 5.32 Å². The SMILES string of the molecule is O=C(NCC1CC(=O)N(c2cc(Cn3ccccc3=O)cs2)C1)c1ccc(Cl)s1. The molecule has 0 aromatic carbocycles. The number of thiophene rings is 2. The Hall–Kier alpha value is -2.42. The predicted molar refractivity (Wildman–Crippen MR) is 116 cm³/mol. The van der Waals surface area contributed by atoms with Crippen LogP contribution in [-0.2, 0) is 11.3 Å². The fourth-order valence-corrected chi connectivity index (χ4v) is 5.16. The van der Waals surface area contributed by atoms with Crippen molar-refractivity contribution in [3.05, 3.63) is 73.1 Å². The molecule has 2 amide bonds. The van der Waals surface area contributed by atoms with Crippen molar-refractivity contribution in [2.75, 3.05) is 18.0 Å². The van der Waals surface area contributed by atoms with Crippen molar-refractivity contribution < 1.29 is 9.59 Å². The molecule has 0 bridgehead atoms. The number of carbonyl (C=O) groups is 2. The van der Waals surface area contributed by atoms with Crippen molar-refractivity contribution in [2.45, 2.75) is 13.0 Å². The zero-order chi connectivity index (χ0) is 20.4. The van der Waals surface area contributed by atoms with Gasteiger partial charge in [0.2, 0.25) is 5.91 Å². The molecule has 9 heteroatoms. The molecule has 1 fully saturated rings. The molecule has 0 spiro atoms. The molecule has 29 heavy (non-hydrogen) atoms. The lowest BCUT2D eigenvalue weighted by Gasteiger charge is -2.14. The number of hydrogen-bond acceptors (Lipinski definition) is 5. The molecule has 4 rings (SSSR count). The Labute approximate surface area is 180 Å². The van der Waals surface area contributed by atoms with Crippen LogP contribution in [0.25, 0.3) is 0 Å². The maximum atomic E-state index is 12.5. The fraction of sp³-hybridized carbons (Fsp3) is 0.250. The first-order valence-electron chi connectivity index (χ1n) is 9.06. The summed E-state index contributed by atoms with van der Waals surface area (Å²) in [5, 5.41) is 5.73. The van der Waals surface area contributed by atoms with Crippen LogP contribution in [0.1, 0.15) is 21.7 Å². The molecule has 1 N–H and O–H groups in total. The summed E-state index contributed by atoms with van der Waals surface area (Å²) >= 11 is 8.59. The molecule has 1 unspecified atom stereocenters. The van der Waals surface area contributed by atoms with Gasteiger partial charge in [0.05, 0.1) is 20.8 Å². The molecule has 1 atom stereocenters. The van der Waals surface area contributed by atoms with E-state index in [-0.39, 0.29) is 23.3 Å². The van der Waals surface area contributed by atoms with Gasteiger partial charge in [0.15, 0.2) is 0 Å². The van der Waals surface area contributed by atoms with Crippen LogP contribution in [-0.4, -0.2) is 29.5 Å². The Morgan fingerprint density at radius 2 is 2.10 bits per heavy atom. The lowest BCUT2D eigenvalue weighted by atomic mass is 10.1. The van der Waals surface area contributed by atoms with E-state index in [1.54, 1.807) is 33.9 Å². The van der Waals surface area contributed by atoms with E-state index >= 15 is 0 Å². The van der Waals surface area contributed by atoms with Crippen molar-refractivity contribution in [1.82, 2.24) is 9.88 Å². The van der Waals surface area contributed by atoms with Gasteiger partial charge in [0, 0.05) is 37.7 Å². The van der Waals surface area contributed by atoms with Gasteiger partial charge in [0.25, 0.3) is 11.5 Å². The molecule has 1 aliphatic heterocycles. The second kappa shape index (κ2) is 8.52. The third-order valence-corrected chi connectivity index (χ3v) is 6.94. The Balaban J connectivity index is 1.36. The average Bonchev–Trinajstić information content (AvgIpc) is 3.42. The van der Waals surface area contributed by atoms with Crippen molar-refractivity contribution in [3.8, 4) is 0 Å². The number of nitrogens with one attached hydrogen (secondary N) is 1. The van der Waals surface area contributed by atoms with Gasteiger partial charge in [-0.15, -0.1) is 22.7 Å². The first kappa shape index (κ1) is 19.9. The molecule has 6 nitrogen and oxygen atoms in total. The van der Waals surface area contributed by atoms with Crippen LogP contribution in [0.2, 0.25) is 4.34 Å². The second-order valence-electron chi connectivity index (χ2n) is 6.85. The summed E-state index contributed by atoms with van der Waals surface area (Å²) in [7, 11) is 0. The minimum absolute atomic E-state index is 0.0497. The number of nitrogens with zero attached hydrogens (tertiary/aromatic N) is 2. The number of amides is 2. The zero-order valence-electron chi connectivity index (χ0n) is 15.3. The van der Waals surface area contributed by atoms with E-state index in [4.69, 9.17) is 11.6 Å². The predicted octanol–water partition coefficient (Wildman–Crippen LogP) is 3.46. The molecule has 1 aliphatic rings. The second-order valence-corrected chi connectivity index (χ2v) is 9.45. The highest BCUT2D eigenvalue weighted by Crippen LogP contribution is 2.31. The van der Waals surface area contributed by atoms with Gasteiger partial charge in [-0.25, -0.2) is 0 Å². The molecule has 3 aromatic rings. The minimum atomic E-state index is -0.167. The molecular formula is C20H18ClN3O3S2. The number of hydrogen-bond donors (Lipinski definition) is 1. The summed E-state index contributed by atoms with van der Waals surface area (Å²) < 4.78 is 2.20. The first-order chi connectivity index (χ1) is 14.0. The van der Waals surface area contributed by atoms with E-state index in [9.17, 15) is 14.4 Å². The smallest absolute Gasteiger partial charge is 0.261 e. The highest BCUT2D eigenvalue weighted by molar-refractivity contribution is 7.18. The summed E-state index contributed by atoms with van der Waals surface area (Å²) in [6, 6.07) is 10.4. The number of aromatic nitrogens is 1. The summed E-state index contributed by atoms with van der Waals surface area (Å²) in [6.45, 7) is 1.48. The normalized spacial score (nSPS) is 16.4.